The molecule has 0 aliphatic carbocycles. The fraction of sp³-hybridized carbons (Fsp3) is 0. The smallest absolute Gasteiger partial charge is 0 e. The monoisotopic (exact) mass is 482 g/mol. The van der Waals surface area contributed by atoms with Gasteiger partial charge in [-0.1, -0.05) is 0 Å². The van der Waals surface area contributed by atoms with Crippen LogP contribution in [-0.4, -0.2) is 0 Å². The summed E-state index contributed by atoms with van der Waals surface area (Å²) in [4.78, 5) is 0. The van der Waals surface area contributed by atoms with Gasteiger partial charge in [0.1, 0.15) is 0 Å². The molecule has 4 rings (SSSR count). The molecule has 0 N–H and O–H groups in total. The molecule has 0 saturated carbocycles. The number of rotatable bonds is 2. The van der Waals surface area contributed by atoms with Crippen LogP contribution in [-0.2, 0) is 65.4 Å². The fourth-order valence-electron chi connectivity index (χ4n) is 2.24. The number of benzene rings is 4. The van der Waals surface area contributed by atoms with Gasteiger partial charge in [0.25, 0.3) is 0 Å². The van der Waals surface area contributed by atoms with Crippen molar-refractivity contribution in [2.24, 2.45) is 0 Å². The van der Waals surface area contributed by atoms with Crippen LogP contribution in [0.2, 0.25) is 0 Å². The molecule has 0 saturated heterocycles. The van der Waals surface area contributed by atoms with E-state index in [0.717, 1.165) is 22.3 Å². The zero-order valence-corrected chi connectivity index (χ0v) is 20.1. The number of hydrogen-bond acceptors (Lipinski definition) is 0. The normalized spacial score (nSPS) is 8.92. The van der Waals surface area contributed by atoms with E-state index in [2.05, 4.69) is 24.3 Å². The summed E-state index contributed by atoms with van der Waals surface area (Å²) in [6, 6.07) is 44.3. The molecule has 26 heavy (non-hydrogen) atoms. The Kier molecular flexibility index (Phi) is 11.8. The molecule has 0 atom stereocenters. The first-order valence-electron chi connectivity index (χ1n) is 7.81. The first kappa shape index (κ1) is 23.1. The summed E-state index contributed by atoms with van der Waals surface area (Å²) in [6.45, 7) is 0. The molecule has 0 spiro atoms. The molecule has 0 bridgehead atoms. The fourth-order valence-corrected chi connectivity index (χ4v) is 2.24. The molecule has 2 heteroatoms. The van der Waals surface area contributed by atoms with Crippen LogP contribution in [0.25, 0.3) is 22.3 Å². The summed E-state index contributed by atoms with van der Waals surface area (Å²) in [5.41, 5.74) is 4.38. The van der Waals surface area contributed by atoms with E-state index < -0.39 is 0 Å². The molecular formula is C24H16Y2-4. The predicted octanol–water partition coefficient (Wildman–Crippen LogP) is 5.90. The molecule has 0 amide bonds. The topological polar surface area (TPSA) is 0 Å². The van der Waals surface area contributed by atoms with E-state index in [1.54, 1.807) is 0 Å². The summed E-state index contributed by atoms with van der Waals surface area (Å²) >= 11 is 0. The first-order valence-corrected chi connectivity index (χ1v) is 7.81. The molecule has 0 unspecified atom stereocenters. The zero-order chi connectivity index (χ0) is 16.5. The Morgan fingerprint density at radius 2 is 0.577 bits per heavy atom. The first-order chi connectivity index (χ1) is 11.9. The van der Waals surface area contributed by atoms with Crippen LogP contribution < -0.4 is 0 Å². The van der Waals surface area contributed by atoms with Crippen LogP contribution >= 0.6 is 0 Å². The van der Waals surface area contributed by atoms with E-state index in [1.165, 1.54) is 0 Å². The van der Waals surface area contributed by atoms with Crippen molar-refractivity contribution in [1.82, 2.24) is 0 Å². The van der Waals surface area contributed by atoms with Crippen LogP contribution in [0.5, 0.6) is 0 Å². The maximum atomic E-state index is 3.15. The van der Waals surface area contributed by atoms with Crippen LogP contribution in [0.3, 0.4) is 0 Å². The van der Waals surface area contributed by atoms with Gasteiger partial charge < -0.3 is 0 Å². The minimum absolute atomic E-state index is 0. The Balaban J connectivity index is 0.000000241. The van der Waals surface area contributed by atoms with Gasteiger partial charge in [-0.15, -0.1) is 24.3 Å². The van der Waals surface area contributed by atoms with Crippen molar-refractivity contribution < 1.29 is 65.4 Å². The van der Waals surface area contributed by atoms with Crippen molar-refractivity contribution in [3.63, 3.8) is 0 Å². The van der Waals surface area contributed by atoms with E-state index >= 15 is 0 Å². The summed E-state index contributed by atoms with van der Waals surface area (Å²) in [5, 5.41) is 0. The van der Waals surface area contributed by atoms with Gasteiger partial charge >= 0.3 is 0 Å². The van der Waals surface area contributed by atoms with Gasteiger partial charge in [0.2, 0.25) is 0 Å². The van der Waals surface area contributed by atoms with Gasteiger partial charge in [-0.2, -0.15) is 97.1 Å². The maximum absolute atomic E-state index is 3.15. The predicted molar refractivity (Wildman–Crippen MR) is 99.1 cm³/mol. The van der Waals surface area contributed by atoms with Gasteiger partial charge in [0.15, 0.2) is 0 Å². The van der Waals surface area contributed by atoms with Crippen molar-refractivity contribution in [2.75, 3.05) is 0 Å². The molecule has 0 heterocycles. The second-order valence-corrected chi connectivity index (χ2v) is 5.10. The van der Waals surface area contributed by atoms with Gasteiger partial charge in [-0.25, -0.2) is 22.3 Å². The Hall–Kier alpha value is -0.912. The molecule has 2 radical (unpaired) electrons. The van der Waals surface area contributed by atoms with E-state index in [0.29, 0.717) is 0 Å². The second kappa shape index (κ2) is 13.3. The van der Waals surface area contributed by atoms with Crippen molar-refractivity contribution >= 4 is 0 Å². The second-order valence-electron chi connectivity index (χ2n) is 5.10. The van der Waals surface area contributed by atoms with E-state index in [1.807, 2.05) is 97.1 Å². The minimum Gasteiger partial charge on any atom is -0.226 e. The third-order valence-electron chi connectivity index (χ3n) is 3.42. The average molecular weight is 482 g/mol. The van der Waals surface area contributed by atoms with Crippen molar-refractivity contribution in [1.29, 1.82) is 0 Å². The Labute approximate surface area is 206 Å². The van der Waals surface area contributed by atoms with E-state index in [9.17, 15) is 0 Å². The Bertz CT molecular complexity index is 680. The number of hydrogen-bond donors (Lipinski definition) is 0. The molecule has 0 aliphatic rings. The van der Waals surface area contributed by atoms with Crippen molar-refractivity contribution in [2.45, 2.75) is 0 Å². The van der Waals surface area contributed by atoms with E-state index in [4.69, 9.17) is 0 Å². The molecule has 0 fully saturated rings. The summed E-state index contributed by atoms with van der Waals surface area (Å²) in [5.74, 6) is 0. The quantitative estimate of drug-likeness (QED) is 0.312. The third kappa shape index (κ3) is 7.37. The maximum Gasteiger partial charge on any atom is 0 e. The molecule has 4 aromatic carbocycles. The average Bonchev–Trinajstić information content (AvgIpc) is 2.71. The summed E-state index contributed by atoms with van der Waals surface area (Å²) in [7, 11) is 0. The van der Waals surface area contributed by atoms with Crippen molar-refractivity contribution in [3.05, 3.63) is 121 Å². The summed E-state index contributed by atoms with van der Waals surface area (Å²) < 4.78 is 0. The van der Waals surface area contributed by atoms with Gasteiger partial charge in [-0.05, 0) is 0 Å². The van der Waals surface area contributed by atoms with Crippen LogP contribution in [0.15, 0.2) is 97.1 Å². The standard InChI is InChI=1S/2C12H8.2Y/c2*1-3-7-11(8-4-1)12-9-5-2-6-10-12;;/h2*1-7,9H;;/q2*-2;;. The molecular weight excluding hydrogens is 466 g/mol. The molecule has 122 valence electrons. The zero-order valence-electron chi connectivity index (χ0n) is 14.4. The third-order valence-corrected chi connectivity index (χ3v) is 3.42. The Morgan fingerprint density at radius 1 is 0.346 bits per heavy atom. The molecule has 0 aromatic heterocycles. The molecule has 0 nitrogen and oxygen atoms in total. The van der Waals surface area contributed by atoms with E-state index in [-0.39, 0.29) is 65.4 Å². The van der Waals surface area contributed by atoms with Gasteiger partial charge in [0.05, 0.1) is 0 Å². The van der Waals surface area contributed by atoms with Crippen LogP contribution in [0, 0.1) is 24.3 Å². The van der Waals surface area contributed by atoms with Crippen molar-refractivity contribution in [3.8, 4) is 22.3 Å². The summed E-state index contributed by atoms with van der Waals surface area (Å²) in [6.07, 6.45) is 0. The Morgan fingerprint density at radius 3 is 0.731 bits per heavy atom. The minimum atomic E-state index is 0. The van der Waals surface area contributed by atoms with Gasteiger partial charge in [-0.3, -0.25) is 0 Å². The van der Waals surface area contributed by atoms with Gasteiger partial charge in [0, 0.05) is 65.4 Å². The van der Waals surface area contributed by atoms with Crippen LogP contribution in [0.4, 0.5) is 0 Å². The van der Waals surface area contributed by atoms with Crippen LogP contribution in [0.1, 0.15) is 0 Å². The SMILES string of the molecule is [Y].[Y].[c-]1ccccc1-c1[c-]cccc1.[c-]1ccccc1-c1[c-]cccc1. The molecule has 0 aliphatic heterocycles. The largest absolute Gasteiger partial charge is 0.226 e. The molecule has 4 aromatic rings.